The first-order chi connectivity index (χ1) is 30.8. The summed E-state index contributed by atoms with van der Waals surface area (Å²) in [5, 5.41) is 14.2. The minimum Gasteiger partial charge on any atom is -0.449 e. The normalized spacial score (nSPS) is 14.4. The Hall–Kier alpha value is -7.43. The van der Waals surface area contributed by atoms with Crippen LogP contribution in [0.3, 0.4) is 0 Å². The number of ether oxygens (including phenoxy) is 1. The fourth-order valence-electron chi connectivity index (χ4n) is 7.53. The molecule has 5 rings (SSSR count). The number of allylic oxidation sites excluding steroid dienone is 2. The molecule has 1 aliphatic carbocycles. The highest BCUT2D eigenvalue weighted by Gasteiger charge is 2.33. The Balaban J connectivity index is 1.29. The molecule has 1 aromatic heterocycles. The van der Waals surface area contributed by atoms with Gasteiger partial charge in [0.1, 0.15) is 36.8 Å². The number of carbonyl (C=O) groups excluding carboxylic acids is 6. The number of fused-ring (bicyclic) bond motifs is 4. The molecule has 0 radical (unpaired) electrons. The summed E-state index contributed by atoms with van der Waals surface area (Å²) in [4.78, 5) is 88.1. The predicted molar refractivity (Wildman–Crippen MR) is 245 cm³/mol. The van der Waals surface area contributed by atoms with Gasteiger partial charge in [0.05, 0.1) is 0 Å². The number of amides is 6. The van der Waals surface area contributed by atoms with Crippen LogP contribution in [-0.4, -0.2) is 89.9 Å². The number of aromatic nitrogens is 1. The molecule has 5 atom stereocenters. The molecule has 0 saturated heterocycles. The van der Waals surface area contributed by atoms with Crippen molar-refractivity contribution in [1.82, 2.24) is 31.6 Å². The first kappa shape index (κ1) is 47.6. The van der Waals surface area contributed by atoms with Gasteiger partial charge in [-0.15, -0.1) is 0 Å². The molecule has 64 heavy (non-hydrogen) atoms. The number of hydrogen-bond donors (Lipinski definition) is 9. The van der Waals surface area contributed by atoms with E-state index in [0.717, 1.165) is 33.2 Å². The van der Waals surface area contributed by atoms with Gasteiger partial charge in [-0.1, -0.05) is 91.0 Å². The van der Waals surface area contributed by atoms with Gasteiger partial charge in [-0.25, -0.2) is 4.79 Å². The Morgan fingerprint density at radius 3 is 1.91 bits per heavy atom. The number of aliphatic imine (C=N–C) groups is 1. The van der Waals surface area contributed by atoms with Crippen molar-refractivity contribution in [2.45, 2.75) is 89.0 Å². The van der Waals surface area contributed by atoms with Crippen LogP contribution in [0.4, 0.5) is 4.79 Å². The largest absolute Gasteiger partial charge is 0.449 e. The number of alkyl carbamates (subject to hydrolysis) is 1. The molecule has 0 bridgehead atoms. The summed E-state index contributed by atoms with van der Waals surface area (Å²) in [5.74, 6) is -3.87. The van der Waals surface area contributed by atoms with E-state index in [9.17, 15) is 28.8 Å². The second-order valence-electron chi connectivity index (χ2n) is 15.5. The second kappa shape index (κ2) is 23.1. The maximum absolute atomic E-state index is 14.2. The molecule has 338 valence electrons. The van der Waals surface area contributed by atoms with E-state index in [0.29, 0.717) is 5.56 Å². The van der Waals surface area contributed by atoms with Crippen LogP contribution < -0.4 is 43.8 Å². The second-order valence-corrected chi connectivity index (χ2v) is 15.5. The van der Waals surface area contributed by atoms with Crippen molar-refractivity contribution in [3.8, 4) is 11.1 Å². The van der Waals surface area contributed by atoms with Gasteiger partial charge in [-0.2, -0.15) is 0 Å². The van der Waals surface area contributed by atoms with E-state index in [1.54, 1.807) is 44.3 Å². The molecular weight excluding hydrogens is 817 g/mol. The van der Waals surface area contributed by atoms with E-state index in [1.165, 1.54) is 6.92 Å². The van der Waals surface area contributed by atoms with E-state index in [1.807, 2.05) is 72.8 Å². The molecule has 1 heterocycles. The van der Waals surface area contributed by atoms with Crippen LogP contribution in [0.5, 0.6) is 0 Å². The quantitative estimate of drug-likeness (QED) is 0.0243. The van der Waals surface area contributed by atoms with Gasteiger partial charge in [0, 0.05) is 36.0 Å². The van der Waals surface area contributed by atoms with Gasteiger partial charge in [0.25, 0.3) is 0 Å². The van der Waals surface area contributed by atoms with Crippen molar-refractivity contribution in [2.24, 2.45) is 22.2 Å². The smallest absolute Gasteiger partial charge is 0.407 e. The maximum Gasteiger partial charge on any atom is 0.407 e. The first-order valence-corrected chi connectivity index (χ1v) is 21.3. The molecule has 17 nitrogen and oxygen atoms in total. The van der Waals surface area contributed by atoms with Gasteiger partial charge in [-0.3, -0.25) is 29.0 Å². The molecule has 12 N–H and O–H groups in total. The number of benzene rings is 3. The topological polar surface area (TPSA) is 278 Å². The van der Waals surface area contributed by atoms with Gasteiger partial charge >= 0.3 is 6.09 Å². The Bertz CT molecular complexity index is 2340. The minimum absolute atomic E-state index is 0.0109. The van der Waals surface area contributed by atoms with E-state index in [4.69, 9.17) is 21.9 Å². The number of para-hydroxylation sites is 1. The number of guanidine groups is 1. The summed E-state index contributed by atoms with van der Waals surface area (Å²) in [6.45, 7) is 5.17. The molecule has 1 aliphatic rings. The maximum atomic E-state index is 14.2. The van der Waals surface area contributed by atoms with Crippen LogP contribution in [-0.2, 0) is 35.1 Å². The number of H-pyrrole nitrogens is 1. The van der Waals surface area contributed by atoms with Crippen LogP contribution in [0.1, 0.15) is 69.1 Å². The standard InChI is InChI=1S/C47H58N10O7/c1-4-6-20-37(41(48)58)54-44(61)38(23-14-24-51-46(49)50)55-45(62)40(25-29-26-52-36-22-13-12-15-30(29)36)56-42(59)28(3)53-43(60)39(21-7-5-2)57-47(63)64-27-35-33-18-10-8-16-31(33)32-17-9-11-19-34(32)35/h4-13,15-19,22,26,28,35,37-40,52H,14,20-21,23-25,27H2,1-3H3,(H2,48,58)(H,53,60)(H,54,61)(H,55,62)(H,56,59)(H,57,63)(H4,49,50,51)/t28-,37-,38-,39+,40-/m0/s1. The molecule has 0 saturated carbocycles. The number of primary amides is 1. The highest BCUT2D eigenvalue weighted by atomic mass is 16.5. The zero-order valence-electron chi connectivity index (χ0n) is 36.3. The molecule has 6 amide bonds. The summed E-state index contributed by atoms with van der Waals surface area (Å²) in [7, 11) is 0. The average molecular weight is 875 g/mol. The lowest BCUT2D eigenvalue weighted by Crippen LogP contribution is -2.59. The number of nitrogens with two attached hydrogens (primary N) is 3. The van der Waals surface area contributed by atoms with E-state index < -0.39 is 65.8 Å². The molecule has 4 aromatic rings. The number of rotatable bonds is 22. The highest BCUT2D eigenvalue weighted by molar-refractivity contribution is 5.96. The zero-order valence-corrected chi connectivity index (χ0v) is 36.3. The number of hydrogen-bond acceptors (Lipinski definition) is 8. The SMILES string of the molecule is CC=CC[C@H](NC(=O)[C@H](CCCN=C(N)N)NC(=O)[C@H](Cc1c[nH]c2ccccc12)NC(=O)[C@H](C)NC(=O)[C@@H](CC=CC)NC(=O)OCC1c2ccccc2-c2ccccc21)C(N)=O. The van der Waals surface area contributed by atoms with Crippen LogP contribution >= 0.6 is 0 Å². The monoisotopic (exact) mass is 874 g/mol. The third-order valence-corrected chi connectivity index (χ3v) is 10.9. The van der Waals surface area contributed by atoms with Crippen LogP contribution in [0.25, 0.3) is 22.0 Å². The minimum atomic E-state index is -1.26. The molecule has 17 heteroatoms. The van der Waals surface area contributed by atoms with Crippen LogP contribution in [0.15, 0.2) is 108 Å². The summed E-state index contributed by atoms with van der Waals surface area (Å²) in [6, 6.07) is 17.5. The molecular formula is C47H58N10O7. The van der Waals surface area contributed by atoms with Gasteiger partial charge < -0.3 is 53.5 Å². The lowest BCUT2D eigenvalue weighted by molar-refractivity contribution is -0.134. The average Bonchev–Trinajstić information content (AvgIpc) is 3.84. The predicted octanol–water partition coefficient (Wildman–Crippen LogP) is 3.05. The van der Waals surface area contributed by atoms with E-state index in [2.05, 4.69) is 36.6 Å². The van der Waals surface area contributed by atoms with Crippen molar-refractivity contribution >= 4 is 52.5 Å². The fourth-order valence-corrected chi connectivity index (χ4v) is 7.53. The van der Waals surface area contributed by atoms with Crippen molar-refractivity contribution in [3.05, 3.63) is 120 Å². The number of aromatic amines is 1. The number of carbonyl (C=O) groups is 6. The van der Waals surface area contributed by atoms with E-state index >= 15 is 0 Å². The van der Waals surface area contributed by atoms with Crippen molar-refractivity contribution in [2.75, 3.05) is 13.2 Å². The number of nitrogens with one attached hydrogen (secondary N) is 6. The van der Waals surface area contributed by atoms with Crippen molar-refractivity contribution < 1.29 is 33.5 Å². The molecule has 0 fully saturated rings. The van der Waals surface area contributed by atoms with E-state index in [-0.39, 0.29) is 57.1 Å². The fraction of sp³-hybridized carbons (Fsp3) is 0.340. The summed E-state index contributed by atoms with van der Waals surface area (Å²) >= 11 is 0. The highest BCUT2D eigenvalue weighted by Crippen LogP contribution is 2.44. The van der Waals surface area contributed by atoms with Crippen molar-refractivity contribution in [3.63, 3.8) is 0 Å². The van der Waals surface area contributed by atoms with Crippen molar-refractivity contribution in [1.29, 1.82) is 0 Å². The summed E-state index contributed by atoms with van der Waals surface area (Å²) in [5.41, 5.74) is 22.3. The Labute approximate surface area is 372 Å². The summed E-state index contributed by atoms with van der Waals surface area (Å²) in [6.07, 6.45) is 8.29. The Kier molecular flexibility index (Phi) is 17.2. The molecule has 0 spiro atoms. The first-order valence-electron chi connectivity index (χ1n) is 21.3. The van der Waals surface area contributed by atoms with Crippen LogP contribution in [0.2, 0.25) is 0 Å². The Morgan fingerprint density at radius 2 is 1.27 bits per heavy atom. The van der Waals surface area contributed by atoms with Crippen LogP contribution in [0, 0.1) is 0 Å². The third kappa shape index (κ3) is 12.8. The molecule has 3 aromatic carbocycles. The lowest BCUT2D eigenvalue weighted by atomic mass is 9.98. The summed E-state index contributed by atoms with van der Waals surface area (Å²) < 4.78 is 5.70. The van der Waals surface area contributed by atoms with Gasteiger partial charge in [0.2, 0.25) is 29.5 Å². The van der Waals surface area contributed by atoms with Gasteiger partial charge in [-0.05, 0) is 80.3 Å². The number of nitrogens with zero attached hydrogens (tertiary/aromatic N) is 1. The lowest BCUT2D eigenvalue weighted by Gasteiger charge is -2.26. The Morgan fingerprint density at radius 1 is 0.703 bits per heavy atom. The molecule has 0 unspecified atom stereocenters. The third-order valence-electron chi connectivity index (χ3n) is 10.9. The molecule has 0 aliphatic heterocycles. The van der Waals surface area contributed by atoms with Gasteiger partial charge in [0.15, 0.2) is 5.96 Å². The zero-order chi connectivity index (χ0) is 46.2.